The Balaban J connectivity index is 1.90. The van der Waals surface area contributed by atoms with Crippen LogP contribution in [0.1, 0.15) is 46.1 Å². The van der Waals surface area contributed by atoms with Gasteiger partial charge in [-0.2, -0.15) is 0 Å². The summed E-state index contributed by atoms with van der Waals surface area (Å²) in [5.41, 5.74) is 3.33. The topological polar surface area (TPSA) is 15.3 Å². The fraction of sp³-hybridized carbons (Fsp3) is 0.647. The Hall–Kier alpha value is -1.02. The second-order valence-corrected chi connectivity index (χ2v) is 6.27. The van der Waals surface area contributed by atoms with Gasteiger partial charge < -0.3 is 10.2 Å². The van der Waals surface area contributed by atoms with Crippen LogP contribution in [0.2, 0.25) is 0 Å². The Bertz CT molecular complexity index is 382. The zero-order valence-corrected chi connectivity index (χ0v) is 12.9. The SMILES string of the molecule is CCC1(CC)CN(c2ccc(CNC(C)C)cc2)C1. The maximum Gasteiger partial charge on any atom is 0.0366 e. The molecule has 1 aromatic rings. The van der Waals surface area contributed by atoms with Crippen LogP contribution in [0.3, 0.4) is 0 Å². The molecule has 2 heteroatoms. The molecule has 0 aliphatic carbocycles. The number of nitrogens with zero attached hydrogens (tertiary/aromatic N) is 1. The monoisotopic (exact) mass is 260 g/mol. The Morgan fingerprint density at radius 3 is 2.16 bits per heavy atom. The van der Waals surface area contributed by atoms with Crippen molar-refractivity contribution in [3.8, 4) is 0 Å². The van der Waals surface area contributed by atoms with Gasteiger partial charge in [0.05, 0.1) is 0 Å². The summed E-state index contributed by atoms with van der Waals surface area (Å²) in [4.78, 5) is 2.51. The molecule has 106 valence electrons. The van der Waals surface area contributed by atoms with Crippen LogP contribution in [0.4, 0.5) is 5.69 Å². The molecular weight excluding hydrogens is 232 g/mol. The smallest absolute Gasteiger partial charge is 0.0366 e. The summed E-state index contributed by atoms with van der Waals surface area (Å²) in [6.45, 7) is 12.4. The van der Waals surface area contributed by atoms with E-state index >= 15 is 0 Å². The lowest BCUT2D eigenvalue weighted by Gasteiger charge is -2.51. The highest BCUT2D eigenvalue weighted by molar-refractivity contribution is 5.50. The van der Waals surface area contributed by atoms with Crippen LogP contribution >= 0.6 is 0 Å². The molecule has 2 nitrogen and oxygen atoms in total. The number of anilines is 1. The highest BCUT2D eigenvalue weighted by Gasteiger charge is 2.39. The predicted octanol–water partition coefficient (Wildman–Crippen LogP) is 3.81. The molecule has 0 bridgehead atoms. The van der Waals surface area contributed by atoms with E-state index in [2.05, 4.69) is 62.2 Å². The van der Waals surface area contributed by atoms with E-state index in [9.17, 15) is 0 Å². The molecular formula is C17H28N2. The molecule has 0 unspecified atom stereocenters. The van der Waals surface area contributed by atoms with Gasteiger partial charge in [0, 0.05) is 36.8 Å². The van der Waals surface area contributed by atoms with Crippen molar-refractivity contribution in [3.63, 3.8) is 0 Å². The minimum atomic E-state index is 0.546. The van der Waals surface area contributed by atoms with Gasteiger partial charge in [0.15, 0.2) is 0 Å². The number of benzene rings is 1. The van der Waals surface area contributed by atoms with Crippen LogP contribution in [0.25, 0.3) is 0 Å². The minimum absolute atomic E-state index is 0.546. The van der Waals surface area contributed by atoms with E-state index in [0.717, 1.165) is 6.54 Å². The Morgan fingerprint density at radius 1 is 1.11 bits per heavy atom. The van der Waals surface area contributed by atoms with Crippen molar-refractivity contribution in [1.29, 1.82) is 0 Å². The van der Waals surface area contributed by atoms with Crippen LogP contribution in [0.15, 0.2) is 24.3 Å². The third kappa shape index (κ3) is 3.30. The van der Waals surface area contributed by atoms with Crippen molar-refractivity contribution in [2.24, 2.45) is 5.41 Å². The maximum atomic E-state index is 3.46. The average molecular weight is 260 g/mol. The van der Waals surface area contributed by atoms with E-state index in [1.165, 1.54) is 37.2 Å². The number of hydrogen-bond acceptors (Lipinski definition) is 2. The number of nitrogens with one attached hydrogen (secondary N) is 1. The average Bonchev–Trinajstić information content (AvgIpc) is 2.37. The zero-order valence-electron chi connectivity index (χ0n) is 12.9. The standard InChI is InChI=1S/C17H28N2/c1-5-17(6-2)12-19(13-17)16-9-7-15(8-10-16)11-18-14(3)4/h7-10,14,18H,5-6,11-13H2,1-4H3. The molecule has 1 saturated heterocycles. The van der Waals surface area contributed by atoms with Gasteiger partial charge in [-0.25, -0.2) is 0 Å². The van der Waals surface area contributed by atoms with Gasteiger partial charge in [0.25, 0.3) is 0 Å². The van der Waals surface area contributed by atoms with E-state index in [-0.39, 0.29) is 0 Å². The van der Waals surface area contributed by atoms with Gasteiger partial charge in [0.2, 0.25) is 0 Å². The predicted molar refractivity (Wildman–Crippen MR) is 83.6 cm³/mol. The fourth-order valence-electron chi connectivity index (χ4n) is 2.79. The summed E-state index contributed by atoms with van der Waals surface area (Å²) in [6, 6.07) is 9.59. The molecule has 2 rings (SSSR count). The molecule has 0 spiro atoms. The number of hydrogen-bond donors (Lipinski definition) is 1. The Labute approximate surface area is 118 Å². The maximum absolute atomic E-state index is 3.46. The van der Waals surface area contributed by atoms with E-state index in [1.807, 2.05) is 0 Å². The third-order valence-electron chi connectivity index (χ3n) is 4.57. The summed E-state index contributed by atoms with van der Waals surface area (Å²) in [5.74, 6) is 0. The first-order chi connectivity index (χ1) is 9.08. The van der Waals surface area contributed by atoms with Crippen LogP contribution in [-0.4, -0.2) is 19.1 Å². The summed E-state index contributed by atoms with van der Waals surface area (Å²) >= 11 is 0. The summed E-state index contributed by atoms with van der Waals surface area (Å²) < 4.78 is 0. The molecule has 1 aliphatic heterocycles. The highest BCUT2D eigenvalue weighted by atomic mass is 15.2. The summed E-state index contributed by atoms with van der Waals surface area (Å²) in [5, 5.41) is 3.46. The van der Waals surface area contributed by atoms with E-state index in [1.54, 1.807) is 0 Å². The normalized spacial score (nSPS) is 17.6. The largest absolute Gasteiger partial charge is 0.370 e. The Kier molecular flexibility index (Phi) is 4.51. The van der Waals surface area contributed by atoms with Gasteiger partial charge in [-0.05, 0) is 30.5 Å². The van der Waals surface area contributed by atoms with Crippen LogP contribution < -0.4 is 10.2 Å². The van der Waals surface area contributed by atoms with Crippen molar-refractivity contribution >= 4 is 5.69 Å². The van der Waals surface area contributed by atoms with E-state index in [0.29, 0.717) is 11.5 Å². The van der Waals surface area contributed by atoms with E-state index < -0.39 is 0 Å². The van der Waals surface area contributed by atoms with Crippen LogP contribution in [0, 0.1) is 5.41 Å². The van der Waals surface area contributed by atoms with Gasteiger partial charge in [-0.1, -0.05) is 39.8 Å². The molecule has 0 radical (unpaired) electrons. The lowest BCUT2D eigenvalue weighted by atomic mass is 9.75. The molecule has 1 N–H and O–H groups in total. The van der Waals surface area contributed by atoms with Crippen molar-refractivity contribution in [2.75, 3.05) is 18.0 Å². The highest BCUT2D eigenvalue weighted by Crippen LogP contribution is 2.39. The molecule has 19 heavy (non-hydrogen) atoms. The number of rotatable bonds is 6. The minimum Gasteiger partial charge on any atom is -0.370 e. The van der Waals surface area contributed by atoms with Gasteiger partial charge >= 0.3 is 0 Å². The molecule has 0 saturated carbocycles. The van der Waals surface area contributed by atoms with E-state index in [4.69, 9.17) is 0 Å². The zero-order chi connectivity index (χ0) is 13.9. The van der Waals surface area contributed by atoms with Crippen LogP contribution in [0.5, 0.6) is 0 Å². The summed E-state index contributed by atoms with van der Waals surface area (Å²) in [6.07, 6.45) is 2.60. The first kappa shape index (κ1) is 14.4. The van der Waals surface area contributed by atoms with Crippen molar-refractivity contribution < 1.29 is 0 Å². The molecule has 1 heterocycles. The summed E-state index contributed by atoms with van der Waals surface area (Å²) in [7, 11) is 0. The van der Waals surface area contributed by atoms with Crippen LogP contribution in [-0.2, 0) is 6.54 Å². The Morgan fingerprint density at radius 2 is 1.68 bits per heavy atom. The molecule has 1 aromatic carbocycles. The van der Waals surface area contributed by atoms with Crippen molar-refractivity contribution in [1.82, 2.24) is 5.32 Å². The molecule has 1 fully saturated rings. The first-order valence-corrected chi connectivity index (χ1v) is 7.66. The van der Waals surface area contributed by atoms with Gasteiger partial charge in [-0.15, -0.1) is 0 Å². The molecule has 1 aliphatic rings. The van der Waals surface area contributed by atoms with Gasteiger partial charge in [0.1, 0.15) is 0 Å². The second kappa shape index (κ2) is 5.96. The lowest BCUT2D eigenvalue weighted by Crippen LogP contribution is -2.55. The fourth-order valence-corrected chi connectivity index (χ4v) is 2.79. The quantitative estimate of drug-likeness (QED) is 0.836. The van der Waals surface area contributed by atoms with Crippen molar-refractivity contribution in [3.05, 3.63) is 29.8 Å². The molecule has 0 atom stereocenters. The third-order valence-corrected chi connectivity index (χ3v) is 4.57. The second-order valence-electron chi connectivity index (χ2n) is 6.27. The lowest BCUT2D eigenvalue weighted by molar-refractivity contribution is 0.194. The molecule has 0 aromatic heterocycles. The van der Waals surface area contributed by atoms with Crippen molar-refractivity contribution in [2.45, 2.75) is 53.1 Å². The first-order valence-electron chi connectivity index (χ1n) is 7.66. The van der Waals surface area contributed by atoms with Gasteiger partial charge in [-0.3, -0.25) is 0 Å². The molecule has 0 amide bonds.